The number of rotatable bonds is 3. The van der Waals surface area contributed by atoms with Crippen molar-refractivity contribution in [2.75, 3.05) is 13.6 Å². The largest absolute Gasteiger partial charge is 0.326 e. The first-order chi connectivity index (χ1) is 7.09. The molecule has 1 aliphatic heterocycles. The molecule has 2 atom stereocenters. The third-order valence-corrected chi connectivity index (χ3v) is 3.69. The number of hydrazine groups is 1. The van der Waals surface area contributed by atoms with Crippen molar-refractivity contribution in [1.29, 1.82) is 0 Å². The minimum atomic E-state index is 0.0524. The first-order valence-corrected chi connectivity index (χ1v) is 5.88. The minimum Gasteiger partial charge on any atom is -0.326 e. The molecule has 1 saturated carbocycles. The van der Waals surface area contributed by atoms with Crippen LogP contribution in [0.1, 0.15) is 32.6 Å². The Hall–Kier alpha value is -0.610. The summed E-state index contributed by atoms with van der Waals surface area (Å²) in [5.74, 6) is 0.976. The molecule has 0 bridgehead atoms. The van der Waals surface area contributed by atoms with E-state index >= 15 is 0 Å². The molecule has 0 radical (unpaired) electrons. The summed E-state index contributed by atoms with van der Waals surface area (Å²) in [6, 6.07) is 0.488. The standard InChI is InChI=1S/C11H21N3O/c1-8(12)7-14-11(15)6-10(13(14)2)9-4-3-5-9/h8-10H,3-7,12H2,1-2H3. The Labute approximate surface area is 91.4 Å². The lowest BCUT2D eigenvalue weighted by Gasteiger charge is -2.37. The molecule has 2 unspecified atom stereocenters. The third-order valence-electron chi connectivity index (χ3n) is 3.69. The zero-order valence-corrected chi connectivity index (χ0v) is 9.65. The number of carbonyl (C=O) groups excluding carboxylic acids is 1. The molecule has 1 amide bonds. The van der Waals surface area contributed by atoms with Crippen LogP contribution >= 0.6 is 0 Å². The quantitative estimate of drug-likeness (QED) is 0.743. The van der Waals surface area contributed by atoms with Gasteiger partial charge in [0.15, 0.2) is 0 Å². The Morgan fingerprint density at radius 3 is 2.67 bits per heavy atom. The zero-order chi connectivity index (χ0) is 11.0. The van der Waals surface area contributed by atoms with Crippen molar-refractivity contribution < 1.29 is 4.79 Å². The topological polar surface area (TPSA) is 49.6 Å². The van der Waals surface area contributed by atoms with Gasteiger partial charge in [0.1, 0.15) is 0 Å². The lowest BCUT2D eigenvalue weighted by Crippen LogP contribution is -2.47. The molecule has 2 aliphatic rings. The van der Waals surface area contributed by atoms with E-state index in [4.69, 9.17) is 5.73 Å². The average Bonchev–Trinajstić information content (AvgIpc) is 2.30. The molecular weight excluding hydrogens is 190 g/mol. The number of amides is 1. The highest BCUT2D eigenvalue weighted by Gasteiger charge is 2.41. The molecule has 1 aliphatic carbocycles. The summed E-state index contributed by atoms with van der Waals surface area (Å²) >= 11 is 0. The Bertz CT molecular complexity index is 250. The maximum atomic E-state index is 11.8. The summed E-state index contributed by atoms with van der Waals surface area (Å²) in [5, 5.41) is 3.95. The fourth-order valence-corrected chi connectivity index (χ4v) is 2.57. The lowest BCUT2D eigenvalue weighted by atomic mass is 9.79. The van der Waals surface area contributed by atoms with Crippen molar-refractivity contribution in [3.63, 3.8) is 0 Å². The van der Waals surface area contributed by atoms with E-state index in [1.165, 1.54) is 19.3 Å². The lowest BCUT2D eigenvalue weighted by molar-refractivity contribution is -0.138. The van der Waals surface area contributed by atoms with Crippen molar-refractivity contribution in [2.24, 2.45) is 11.7 Å². The predicted molar refractivity (Wildman–Crippen MR) is 58.9 cm³/mol. The van der Waals surface area contributed by atoms with E-state index in [1.807, 2.05) is 19.0 Å². The molecule has 86 valence electrons. The molecule has 4 nitrogen and oxygen atoms in total. The molecule has 0 aromatic carbocycles. The second kappa shape index (κ2) is 4.10. The summed E-state index contributed by atoms with van der Waals surface area (Å²) < 4.78 is 0. The van der Waals surface area contributed by atoms with Crippen LogP contribution in [-0.4, -0.2) is 41.6 Å². The average molecular weight is 211 g/mol. The van der Waals surface area contributed by atoms with Crippen molar-refractivity contribution >= 4 is 5.91 Å². The Morgan fingerprint density at radius 2 is 2.20 bits per heavy atom. The zero-order valence-electron chi connectivity index (χ0n) is 9.65. The van der Waals surface area contributed by atoms with Crippen molar-refractivity contribution in [3.8, 4) is 0 Å². The van der Waals surface area contributed by atoms with E-state index in [0.29, 0.717) is 19.0 Å². The Balaban J connectivity index is 1.98. The molecule has 1 heterocycles. The van der Waals surface area contributed by atoms with Crippen LogP contribution in [0.15, 0.2) is 0 Å². The molecule has 0 aromatic rings. The van der Waals surface area contributed by atoms with Gasteiger partial charge < -0.3 is 5.73 Å². The first-order valence-electron chi connectivity index (χ1n) is 5.88. The van der Waals surface area contributed by atoms with Gasteiger partial charge >= 0.3 is 0 Å². The van der Waals surface area contributed by atoms with Gasteiger partial charge in [-0.25, -0.2) is 5.01 Å². The smallest absolute Gasteiger partial charge is 0.238 e. The fourth-order valence-electron chi connectivity index (χ4n) is 2.57. The summed E-state index contributed by atoms with van der Waals surface area (Å²) in [5.41, 5.74) is 5.74. The third kappa shape index (κ3) is 2.01. The molecule has 15 heavy (non-hydrogen) atoms. The van der Waals surface area contributed by atoms with Crippen LogP contribution in [0.2, 0.25) is 0 Å². The Kier molecular flexibility index (Phi) is 2.98. The van der Waals surface area contributed by atoms with Crippen molar-refractivity contribution in [3.05, 3.63) is 0 Å². The van der Waals surface area contributed by atoms with E-state index in [0.717, 1.165) is 5.92 Å². The van der Waals surface area contributed by atoms with Gasteiger partial charge in [-0.2, -0.15) is 0 Å². The van der Waals surface area contributed by atoms with Crippen molar-refractivity contribution in [1.82, 2.24) is 10.0 Å². The molecule has 2 fully saturated rings. The number of carbonyl (C=O) groups is 1. The van der Waals surface area contributed by atoms with Crippen LogP contribution in [0.4, 0.5) is 0 Å². The van der Waals surface area contributed by atoms with E-state index in [9.17, 15) is 4.79 Å². The van der Waals surface area contributed by atoms with Gasteiger partial charge in [-0.1, -0.05) is 6.42 Å². The van der Waals surface area contributed by atoms with Gasteiger partial charge in [0.2, 0.25) is 5.91 Å². The summed E-state index contributed by atoms with van der Waals surface area (Å²) in [4.78, 5) is 11.8. The summed E-state index contributed by atoms with van der Waals surface area (Å²) in [6.45, 7) is 2.59. The number of nitrogens with zero attached hydrogens (tertiary/aromatic N) is 2. The normalized spacial score (nSPS) is 30.7. The summed E-state index contributed by atoms with van der Waals surface area (Å²) in [6.07, 6.45) is 4.59. The Morgan fingerprint density at radius 1 is 1.53 bits per heavy atom. The molecule has 2 N–H and O–H groups in total. The minimum absolute atomic E-state index is 0.0524. The fraction of sp³-hybridized carbons (Fsp3) is 0.909. The number of hydrogen-bond donors (Lipinski definition) is 1. The monoisotopic (exact) mass is 211 g/mol. The van der Waals surface area contributed by atoms with Gasteiger partial charge in [-0.15, -0.1) is 0 Å². The van der Waals surface area contributed by atoms with Gasteiger partial charge in [0.05, 0.1) is 6.54 Å². The van der Waals surface area contributed by atoms with Crippen LogP contribution < -0.4 is 5.73 Å². The first kappa shape index (κ1) is 10.9. The van der Waals surface area contributed by atoms with Gasteiger partial charge in [0.25, 0.3) is 0 Å². The second-order valence-corrected chi connectivity index (χ2v) is 4.99. The highest BCUT2D eigenvalue weighted by atomic mass is 16.2. The highest BCUT2D eigenvalue weighted by Crippen LogP contribution is 2.36. The van der Waals surface area contributed by atoms with E-state index < -0.39 is 0 Å². The van der Waals surface area contributed by atoms with E-state index in [-0.39, 0.29) is 11.9 Å². The SMILES string of the molecule is CC(N)CN1C(=O)CC(C2CCC2)N1C. The second-order valence-electron chi connectivity index (χ2n) is 4.99. The molecule has 4 heteroatoms. The molecule has 0 spiro atoms. The van der Waals surface area contributed by atoms with Crippen LogP contribution in [0, 0.1) is 5.92 Å². The van der Waals surface area contributed by atoms with Crippen LogP contribution in [0.5, 0.6) is 0 Å². The van der Waals surface area contributed by atoms with Crippen molar-refractivity contribution in [2.45, 2.75) is 44.7 Å². The van der Waals surface area contributed by atoms with Gasteiger partial charge in [-0.3, -0.25) is 9.80 Å². The number of hydrogen-bond acceptors (Lipinski definition) is 3. The van der Waals surface area contributed by atoms with E-state index in [1.54, 1.807) is 0 Å². The van der Waals surface area contributed by atoms with Crippen LogP contribution in [0.25, 0.3) is 0 Å². The van der Waals surface area contributed by atoms with E-state index in [2.05, 4.69) is 5.01 Å². The maximum absolute atomic E-state index is 11.8. The van der Waals surface area contributed by atoms with Crippen LogP contribution in [0.3, 0.4) is 0 Å². The molecule has 0 aromatic heterocycles. The number of nitrogens with two attached hydrogens (primary N) is 1. The highest BCUT2D eigenvalue weighted by molar-refractivity contribution is 5.78. The molecular formula is C11H21N3O. The predicted octanol–water partition coefficient (Wildman–Crippen LogP) is 0.581. The van der Waals surface area contributed by atoms with Gasteiger partial charge in [0, 0.05) is 25.6 Å². The van der Waals surface area contributed by atoms with Crippen LogP contribution in [-0.2, 0) is 4.79 Å². The van der Waals surface area contributed by atoms with Gasteiger partial charge in [-0.05, 0) is 25.7 Å². The molecule has 1 saturated heterocycles. The molecule has 2 rings (SSSR count). The summed E-state index contributed by atoms with van der Waals surface area (Å²) in [7, 11) is 2.02. The maximum Gasteiger partial charge on any atom is 0.238 e.